The van der Waals surface area contributed by atoms with E-state index in [4.69, 9.17) is 0 Å². The number of carboxylic acid groups (broad SMARTS) is 1. The van der Waals surface area contributed by atoms with Crippen LogP contribution in [0, 0.1) is 5.41 Å². The Hall–Kier alpha value is -0.710. The molecule has 2 fully saturated rings. The molecule has 4 nitrogen and oxygen atoms in total. The third kappa shape index (κ3) is 3.68. The third-order valence-corrected chi connectivity index (χ3v) is 6.26. The molecule has 1 aliphatic heterocycles. The maximum atomic E-state index is 12.1. The Balaban J connectivity index is 1.87. The van der Waals surface area contributed by atoms with Crippen molar-refractivity contribution in [2.75, 3.05) is 12.3 Å². The molecule has 1 unspecified atom stereocenters. The number of rotatable bonds is 5. The Labute approximate surface area is 125 Å². The number of nitrogens with one attached hydrogen (secondary N) is 1. The minimum Gasteiger partial charge on any atom is -0.481 e. The molecule has 2 rings (SSSR count). The lowest BCUT2D eigenvalue weighted by Gasteiger charge is -2.33. The predicted octanol–water partition coefficient (Wildman–Crippen LogP) is 2.81. The molecule has 5 heteroatoms. The van der Waals surface area contributed by atoms with Crippen LogP contribution >= 0.6 is 11.8 Å². The minimum absolute atomic E-state index is 0.0944. The van der Waals surface area contributed by atoms with Gasteiger partial charge < -0.3 is 10.4 Å². The van der Waals surface area contributed by atoms with Crippen LogP contribution in [0.5, 0.6) is 0 Å². The second-order valence-electron chi connectivity index (χ2n) is 6.50. The number of amides is 1. The summed E-state index contributed by atoms with van der Waals surface area (Å²) in [5, 5.41) is 12.5. The summed E-state index contributed by atoms with van der Waals surface area (Å²) < 4.78 is 0.138. The van der Waals surface area contributed by atoms with Crippen LogP contribution in [0.25, 0.3) is 0 Å². The Bertz CT molecular complexity index is 371. The van der Waals surface area contributed by atoms with Crippen molar-refractivity contribution in [3.8, 4) is 0 Å². The van der Waals surface area contributed by atoms with E-state index in [-0.39, 0.29) is 17.1 Å². The van der Waals surface area contributed by atoms with Gasteiger partial charge in [0.05, 0.1) is 5.41 Å². The molecule has 114 valence electrons. The predicted molar refractivity (Wildman–Crippen MR) is 80.9 cm³/mol. The Morgan fingerprint density at radius 3 is 2.40 bits per heavy atom. The van der Waals surface area contributed by atoms with Crippen LogP contribution in [0.15, 0.2) is 0 Å². The molecule has 0 aromatic carbocycles. The van der Waals surface area contributed by atoms with E-state index >= 15 is 0 Å². The maximum absolute atomic E-state index is 12.1. The average Bonchev–Trinajstić information content (AvgIpc) is 2.85. The molecular weight excluding hydrogens is 274 g/mol. The third-order valence-electron chi connectivity index (χ3n) is 4.72. The fourth-order valence-corrected chi connectivity index (χ4v) is 4.57. The highest BCUT2D eigenvalue weighted by Gasteiger charge is 2.41. The molecule has 1 heterocycles. The Morgan fingerprint density at radius 2 is 1.85 bits per heavy atom. The largest absolute Gasteiger partial charge is 0.481 e. The fourth-order valence-electron chi connectivity index (χ4n) is 3.33. The molecule has 0 aromatic heterocycles. The van der Waals surface area contributed by atoms with Crippen molar-refractivity contribution in [3.05, 3.63) is 0 Å². The summed E-state index contributed by atoms with van der Waals surface area (Å²) in [7, 11) is 0. The molecule has 20 heavy (non-hydrogen) atoms. The number of aliphatic carboxylic acids is 1. The number of hydrogen-bond donors (Lipinski definition) is 2. The number of carbonyl (C=O) groups excluding carboxylic acids is 1. The first kappa shape index (κ1) is 15.7. The highest BCUT2D eigenvalue weighted by atomic mass is 32.2. The van der Waals surface area contributed by atoms with E-state index in [0.29, 0.717) is 19.4 Å². The van der Waals surface area contributed by atoms with Crippen LogP contribution in [-0.2, 0) is 9.59 Å². The van der Waals surface area contributed by atoms with Crippen LogP contribution in [-0.4, -0.2) is 34.0 Å². The molecule has 1 saturated heterocycles. The number of carbonyl (C=O) groups is 2. The molecule has 2 aliphatic rings. The van der Waals surface area contributed by atoms with Crippen LogP contribution in [0.2, 0.25) is 0 Å². The van der Waals surface area contributed by atoms with Gasteiger partial charge in [0.15, 0.2) is 0 Å². The second-order valence-corrected chi connectivity index (χ2v) is 8.18. The smallest absolute Gasteiger partial charge is 0.310 e. The lowest BCUT2D eigenvalue weighted by Crippen LogP contribution is -2.42. The second kappa shape index (κ2) is 6.37. The van der Waals surface area contributed by atoms with Crippen molar-refractivity contribution in [2.24, 2.45) is 5.41 Å². The molecule has 0 spiro atoms. The van der Waals surface area contributed by atoms with Gasteiger partial charge in [-0.05, 0) is 38.4 Å². The topological polar surface area (TPSA) is 66.4 Å². The van der Waals surface area contributed by atoms with Crippen molar-refractivity contribution in [1.82, 2.24) is 5.32 Å². The summed E-state index contributed by atoms with van der Waals surface area (Å²) >= 11 is 1.91. The quantitative estimate of drug-likeness (QED) is 0.819. The van der Waals surface area contributed by atoms with E-state index < -0.39 is 11.4 Å². The monoisotopic (exact) mass is 299 g/mol. The minimum atomic E-state index is -0.813. The Morgan fingerprint density at radius 1 is 1.15 bits per heavy atom. The Kier molecular flexibility index (Phi) is 4.99. The normalized spacial score (nSPS) is 29.1. The first-order valence-corrected chi connectivity index (χ1v) is 8.59. The van der Waals surface area contributed by atoms with Crippen LogP contribution in [0.4, 0.5) is 0 Å². The standard InChI is InChI=1S/C15H25NO3S/c1-14(6-5-9-20-14)11-16-12(17)10-15(13(18)19)7-3-2-4-8-15/h2-11H2,1H3,(H,16,17)(H,18,19). The van der Waals surface area contributed by atoms with Gasteiger partial charge in [-0.2, -0.15) is 11.8 Å². The molecule has 0 aromatic rings. The van der Waals surface area contributed by atoms with E-state index in [2.05, 4.69) is 12.2 Å². The van der Waals surface area contributed by atoms with E-state index in [0.717, 1.165) is 31.4 Å². The molecule has 1 aliphatic carbocycles. The van der Waals surface area contributed by atoms with Gasteiger partial charge in [0, 0.05) is 17.7 Å². The lowest BCUT2D eigenvalue weighted by atomic mass is 9.71. The summed E-state index contributed by atoms with van der Waals surface area (Å²) in [6.07, 6.45) is 6.69. The zero-order chi connectivity index (χ0) is 14.6. The lowest BCUT2D eigenvalue weighted by molar-refractivity contribution is -0.154. The summed E-state index contributed by atoms with van der Waals surface area (Å²) in [4.78, 5) is 23.7. The van der Waals surface area contributed by atoms with Crippen molar-refractivity contribution in [1.29, 1.82) is 0 Å². The van der Waals surface area contributed by atoms with Gasteiger partial charge >= 0.3 is 5.97 Å². The number of thioether (sulfide) groups is 1. The van der Waals surface area contributed by atoms with Gasteiger partial charge in [-0.1, -0.05) is 19.3 Å². The summed E-state index contributed by atoms with van der Waals surface area (Å²) in [5.74, 6) is 0.266. The van der Waals surface area contributed by atoms with Crippen molar-refractivity contribution in [3.63, 3.8) is 0 Å². The van der Waals surface area contributed by atoms with Gasteiger partial charge in [0.25, 0.3) is 0 Å². The first-order chi connectivity index (χ1) is 9.46. The van der Waals surface area contributed by atoms with Crippen LogP contribution in [0.3, 0.4) is 0 Å². The van der Waals surface area contributed by atoms with Gasteiger partial charge in [-0.3, -0.25) is 9.59 Å². The maximum Gasteiger partial charge on any atom is 0.310 e. The highest BCUT2D eigenvalue weighted by molar-refractivity contribution is 8.00. The summed E-state index contributed by atoms with van der Waals surface area (Å²) in [6, 6.07) is 0. The molecule has 1 atom stereocenters. The summed E-state index contributed by atoms with van der Waals surface area (Å²) in [5.41, 5.74) is -0.813. The van der Waals surface area contributed by atoms with Crippen LogP contribution in [0.1, 0.15) is 58.3 Å². The molecule has 2 N–H and O–H groups in total. The van der Waals surface area contributed by atoms with E-state index in [1.165, 1.54) is 6.42 Å². The SMILES string of the molecule is CC1(CNC(=O)CC2(C(=O)O)CCCCC2)CCCS1. The zero-order valence-electron chi connectivity index (χ0n) is 12.2. The fraction of sp³-hybridized carbons (Fsp3) is 0.867. The van der Waals surface area contributed by atoms with Gasteiger partial charge in [-0.25, -0.2) is 0 Å². The molecule has 0 radical (unpaired) electrons. The molecule has 1 saturated carbocycles. The van der Waals surface area contributed by atoms with E-state index in [1.807, 2.05) is 11.8 Å². The van der Waals surface area contributed by atoms with Gasteiger partial charge in [-0.15, -0.1) is 0 Å². The molecule has 1 amide bonds. The van der Waals surface area contributed by atoms with Crippen LogP contribution < -0.4 is 5.32 Å². The van der Waals surface area contributed by atoms with E-state index in [9.17, 15) is 14.7 Å². The van der Waals surface area contributed by atoms with Gasteiger partial charge in [0.1, 0.15) is 0 Å². The van der Waals surface area contributed by atoms with Crippen molar-refractivity contribution >= 4 is 23.6 Å². The van der Waals surface area contributed by atoms with E-state index in [1.54, 1.807) is 0 Å². The highest BCUT2D eigenvalue weighted by Crippen LogP contribution is 2.40. The van der Waals surface area contributed by atoms with Crippen molar-refractivity contribution < 1.29 is 14.7 Å². The van der Waals surface area contributed by atoms with Gasteiger partial charge in [0.2, 0.25) is 5.91 Å². The summed E-state index contributed by atoms with van der Waals surface area (Å²) in [6.45, 7) is 2.84. The zero-order valence-corrected chi connectivity index (χ0v) is 13.1. The molecule has 0 bridgehead atoms. The number of carboxylic acids is 1. The van der Waals surface area contributed by atoms with Crippen molar-refractivity contribution in [2.45, 2.75) is 63.0 Å². The first-order valence-electron chi connectivity index (χ1n) is 7.60. The number of hydrogen-bond acceptors (Lipinski definition) is 3. The average molecular weight is 299 g/mol. The molecular formula is C15H25NO3S.